The number of urea groups is 1. The molecule has 0 aliphatic rings. The van der Waals surface area contributed by atoms with Crippen LogP contribution in [-0.4, -0.2) is 23.6 Å². The van der Waals surface area contributed by atoms with Crippen LogP contribution in [0.5, 0.6) is 0 Å². The second-order valence-corrected chi connectivity index (χ2v) is 6.88. The zero-order valence-electron chi connectivity index (χ0n) is 14.3. The molecule has 0 fully saturated rings. The molecule has 6 heteroatoms. The molecule has 0 aliphatic heterocycles. The van der Waals surface area contributed by atoms with Crippen molar-refractivity contribution < 1.29 is 14.3 Å². The zero-order chi connectivity index (χ0) is 17.6. The van der Waals surface area contributed by atoms with E-state index >= 15 is 0 Å². The Morgan fingerprint density at radius 3 is 2.39 bits per heavy atom. The highest BCUT2D eigenvalue weighted by molar-refractivity contribution is 6.33. The fraction of sp³-hybridized carbons (Fsp3) is 0.529. The lowest BCUT2D eigenvalue weighted by molar-refractivity contribution is -0.158. The van der Waals surface area contributed by atoms with Gasteiger partial charge in [-0.3, -0.25) is 0 Å². The van der Waals surface area contributed by atoms with Crippen molar-refractivity contribution in [1.29, 1.82) is 0 Å². The molecule has 2 amide bonds. The van der Waals surface area contributed by atoms with E-state index in [1.54, 1.807) is 45.0 Å². The Morgan fingerprint density at radius 1 is 1.26 bits per heavy atom. The third-order valence-electron chi connectivity index (χ3n) is 3.28. The van der Waals surface area contributed by atoms with Crippen molar-refractivity contribution in [1.82, 2.24) is 5.32 Å². The maximum Gasteiger partial charge on any atom is 0.329 e. The van der Waals surface area contributed by atoms with Crippen LogP contribution in [0.3, 0.4) is 0 Å². The standard InChI is InChI=1S/C17H25ClN2O3/c1-6-11(2)14(15(21)23-17(3,4)5)20-16(22)19-13-10-8-7-9-12(13)18/h7-11,14H,6H2,1-5H3,(H2,19,20,22)/t11-,14-/m0/s1. The van der Waals surface area contributed by atoms with Crippen LogP contribution >= 0.6 is 11.6 Å². The minimum atomic E-state index is -0.721. The summed E-state index contributed by atoms with van der Waals surface area (Å²) in [6, 6.07) is 5.69. The summed E-state index contributed by atoms with van der Waals surface area (Å²) in [7, 11) is 0. The molecule has 1 aromatic carbocycles. The lowest BCUT2D eigenvalue weighted by Gasteiger charge is -2.27. The number of carbonyl (C=O) groups is 2. The van der Waals surface area contributed by atoms with Gasteiger partial charge in [0.05, 0.1) is 10.7 Å². The van der Waals surface area contributed by atoms with E-state index in [2.05, 4.69) is 10.6 Å². The van der Waals surface area contributed by atoms with Gasteiger partial charge in [-0.15, -0.1) is 0 Å². The lowest BCUT2D eigenvalue weighted by Crippen LogP contribution is -2.49. The topological polar surface area (TPSA) is 67.4 Å². The van der Waals surface area contributed by atoms with E-state index < -0.39 is 23.6 Å². The van der Waals surface area contributed by atoms with E-state index in [0.29, 0.717) is 10.7 Å². The van der Waals surface area contributed by atoms with Crippen LogP contribution in [0.2, 0.25) is 5.02 Å². The van der Waals surface area contributed by atoms with E-state index in [0.717, 1.165) is 6.42 Å². The van der Waals surface area contributed by atoms with E-state index in [1.165, 1.54) is 0 Å². The first-order valence-electron chi connectivity index (χ1n) is 7.69. The van der Waals surface area contributed by atoms with Gasteiger partial charge in [-0.25, -0.2) is 9.59 Å². The Morgan fingerprint density at radius 2 is 1.87 bits per heavy atom. The highest BCUT2D eigenvalue weighted by atomic mass is 35.5. The van der Waals surface area contributed by atoms with Crippen molar-refractivity contribution >= 4 is 29.3 Å². The van der Waals surface area contributed by atoms with Crippen molar-refractivity contribution in [2.24, 2.45) is 5.92 Å². The van der Waals surface area contributed by atoms with Crippen LogP contribution in [0.15, 0.2) is 24.3 Å². The fourth-order valence-corrected chi connectivity index (χ4v) is 2.08. The molecule has 2 atom stereocenters. The molecule has 23 heavy (non-hydrogen) atoms. The molecule has 1 aromatic rings. The van der Waals surface area contributed by atoms with Crippen molar-refractivity contribution in [3.8, 4) is 0 Å². The second kappa shape index (κ2) is 8.20. The molecular weight excluding hydrogens is 316 g/mol. The average Bonchev–Trinajstić information content (AvgIpc) is 2.44. The third-order valence-corrected chi connectivity index (χ3v) is 3.61. The largest absolute Gasteiger partial charge is 0.458 e. The number of benzene rings is 1. The third kappa shape index (κ3) is 6.48. The number of nitrogens with one attached hydrogen (secondary N) is 2. The maximum atomic E-state index is 12.3. The molecule has 128 valence electrons. The smallest absolute Gasteiger partial charge is 0.329 e. The normalized spacial score (nSPS) is 13.8. The van der Waals surface area contributed by atoms with Gasteiger partial charge in [-0.2, -0.15) is 0 Å². The van der Waals surface area contributed by atoms with Crippen LogP contribution in [0.25, 0.3) is 0 Å². The van der Waals surface area contributed by atoms with Gasteiger partial charge < -0.3 is 15.4 Å². The number of hydrogen-bond acceptors (Lipinski definition) is 3. The van der Waals surface area contributed by atoms with Gasteiger partial charge in [0.1, 0.15) is 11.6 Å². The molecule has 1 rings (SSSR count). The van der Waals surface area contributed by atoms with Crippen LogP contribution in [0, 0.1) is 5.92 Å². The van der Waals surface area contributed by atoms with Gasteiger partial charge >= 0.3 is 12.0 Å². The number of amides is 2. The Kier molecular flexibility index (Phi) is 6.88. The molecule has 2 N–H and O–H groups in total. The molecule has 0 bridgehead atoms. The number of anilines is 1. The lowest BCUT2D eigenvalue weighted by atomic mass is 9.99. The minimum absolute atomic E-state index is 0.0538. The Balaban J connectivity index is 2.79. The zero-order valence-corrected chi connectivity index (χ0v) is 15.0. The summed E-state index contributed by atoms with van der Waals surface area (Å²) in [5.74, 6) is -0.497. The van der Waals surface area contributed by atoms with E-state index in [4.69, 9.17) is 16.3 Å². The van der Waals surface area contributed by atoms with Gasteiger partial charge in [0.2, 0.25) is 0 Å². The molecule has 0 aliphatic carbocycles. The van der Waals surface area contributed by atoms with Crippen molar-refractivity contribution in [3.05, 3.63) is 29.3 Å². The Hall–Kier alpha value is -1.75. The van der Waals surface area contributed by atoms with Crippen molar-refractivity contribution in [2.75, 3.05) is 5.32 Å². The quantitative estimate of drug-likeness (QED) is 0.789. The van der Waals surface area contributed by atoms with Crippen LogP contribution in [0.4, 0.5) is 10.5 Å². The first-order valence-corrected chi connectivity index (χ1v) is 8.06. The molecule has 0 radical (unpaired) electrons. The van der Waals surface area contributed by atoms with E-state index in [-0.39, 0.29) is 5.92 Å². The molecule has 0 heterocycles. The number of carbonyl (C=O) groups excluding carboxylic acids is 2. The molecule has 0 spiro atoms. The van der Waals surface area contributed by atoms with Crippen LogP contribution in [0.1, 0.15) is 41.0 Å². The first kappa shape index (κ1) is 19.3. The summed E-state index contributed by atoms with van der Waals surface area (Å²) >= 11 is 6.01. The number of rotatable bonds is 5. The van der Waals surface area contributed by atoms with Gasteiger partial charge in [0.15, 0.2) is 0 Å². The number of para-hydroxylation sites is 1. The SMILES string of the molecule is CC[C@H](C)[C@H](NC(=O)Nc1ccccc1Cl)C(=O)OC(C)(C)C. The summed E-state index contributed by atoms with van der Waals surface area (Å²) in [6.07, 6.45) is 0.732. The summed E-state index contributed by atoms with van der Waals surface area (Å²) in [5.41, 5.74) is -0.122. The Labute approximate surface area is 142 Å². The number of esters is 1. The minimum Gasteiger partial charge on any atom is -0.458 e. The molecule has 5 nitrogen and oxygen atoms in total. The van der Waals surface area contributed by atoms with Crippen LogP contribution < -0.4 is 10.6 Å². The number of hydrogen-bond donors (Lipinski definition) is 2. The van der Waals surface area contributed by atoms with Crippen molar-refractivity contribution in [2.45, 2.75) is 52.7 Å². The molecular formula is C17H25ClN2O3. The monoisotopic (exact) mass is 340 g/mol. The molecule has 0 unspecified atom stereocenters. The van der Waals surface area contributed by atoms with Gasteiger partial charge in [0.25, 0.3) is 0 Å². The summed E-state index contributed by atoms with van der Waals surface area (Å²) < 4.78 is 5.39. The van der Waals surface area contributed by atoms with E-state index in [1.807, 2.05) is 13.8 Å². The highest BCUT2D eigenvalue weighted by Gasteiger charge is 2.30. The number of ether oxygens (including phenoxy) is 1. The summed E-state index contributed by atoms with van der Waals surface area (Å²) in [6.45, 7) is 9.23. The Bertz CT molecular complexity index is 555. The van der Waals surface area contributed by atoms with E-state index in [9.17, 15) is 9.59 Å². The molecule has 0 aromatic heterocycles. The van der Waals surface area contributed by atoms with Crippen LogP contribution in [-0.2, 0) is 9.53 Å². The molecule has 0 saturated carbocycles. The fourth-order valence-electron chi connectivity index (χ4n) is 1.90. The average molecular weight is 341 g/mol. The number of halogens is 1. The second-order valence-electron chi connectivity index (χ2n) is 6.47. The van der Waals surface area contributed by atoms with Gasteiger partial charge in [0, 0.05) is 0 Å². The van der Waals surface area contributed by atoms with Gasteiger partial charge in [-0.05, 0) is 38.8 Å². The molecule has 0 saturated heterocycles. The summed E-state index contributed by atoms with van der Waals surface area (Å²) in [4.78, 5) is 24.5. The highest BCUT2D eigenvalue weighted by Crippen LogP contribution is 2.20. The summed E-state index contributed by atoms with van der Waals surface area (Å²) in [5, 5.41) is 5.76. The first-order chi connectivity index (χ1) is 10.6. The van der Waals surface area contributed by atoms with Crippen molar-refractivity contribution in [3.63, 3.8) is 0 Å². The predicted octanol–water partition coefficient (Wildman–Crippen LogP) is 4.22. The van der Waals surface area contributed by atoms with Gasteiger partial charge in [-0.1, -0.05) is 44.0 Å². The predicted molar refractivity (Wildman–Crippen MR) is 92.7 cm³/mol. The maximum absolute atomic E-state index is 12.3.